The first kappa shape index (κ1) is 16.5. The van der Waals surface area contributed by atoms with Crippen molar-refractivity contribution in [1.82, 2.24) is 0 Å². The van der Waals surface area contributed by atoms with Gasteiger partial charge in [-0.25, -0.2) is 4.79 Å². The van der Waals surface area contributed by atoms with Crippen LogP contribution in [-0.4, -0.2) is 13.1 Å². The van der Waals surface area contributed by atoms with Crippen molar-refractivity contribution in [3.05, 3.63) is 60.9 Å². The number of halogens is 3. The average Bonchev–Trinajstić information content (AvgIpc) is 2.46. The maximum absolute atomic E-state index is 11.4. The molecule has 0 saturated heterocycles. The molecule has 2 aromatic carbocycles. The van der Waals surface area contributed by atoms with Gasteiger partial charge in [-0.1, -0.05) is 28.1 Å². The van der Waals surface area contributed by atoms with Crippen molar-refractivity contribution < 1.29 is 9.53 Å². The van der Waals surface area contributed by atoms with Gasteiger partial charge in [-0.05, 0) is 61.7 Å². The van der Waals surface area contributed by atoms with Crippen LogP contribution in [0.25, 0.3) is 0 Å². The number of hydrogen-bond donors (Lipinski definition) is 1. The minimum Gasteiger partial charge on any atom is -0.465 e. The lowest BCUT2D eigenvalue weighted by Crippen LogP contribution is -2.03. The lowest BCUT2D eigenvalue weighted by Gasteiger charge is -2.12. The van der Waals surface area contributed by atoms with Crippen LogP contribution in [0, 0.1) is 0 Å². The third kappa shape index (κ3) is 4.31. The second kappa shape index (κ2) is 7.42. The fourth-order valence-corrected chi connectivity index (χ4v) is 4.32. The zero-order valence-corrected chi connectivity index (χ0v) is 15.9. The summed E-state index contributed by atoms with van der Waals surface area (Å²) in [4.78, 5) is 11.4. The lowest BCUT2D eigenvalue weighted by molar-refractivity contribution is 0.0600. The van der Waals surface area contributed by atoms with E-state index in [1.54, 1.807) is 12.1 Å². The molecule has 6 heteroatoms. The minimum atomic E-state index is -0.326. The van der Waals surface area contributed by atoms with Crippen LogP contribution in [0.5, 0.6) is 0 Å². The molecule has 0 saturated carbocycles. The molecule has 1 N–H and O–H groups in total. The summed E-state index contributed by atoms with van der Waals surface area (Å²) in [5, 5.41) is 3.36. The van der Waals surface area contributed by atoms with Crippen LogP contribution in [0.1, 0.15) is 15.9 Å². The maximum Gasteiger partial charge on any atom is 0.337 e. The fourth-order valence-electron chi connectivity index (χ4n) is 1.78. The molecule has 0 amide bonds. The number of nitrogens with one attached hydrogen (secondary N) is 1. The first-order valence-corrected chi connectivity index (χ1v) is 8.45. The molecule has 2 rings (SSSR count). The highest BCUT2D eigenvalue weighted by Crippen LogP contribution is 2.34. The Labute approximate surface area is 148 Å². The number of rotatable bonds is 4. The molecular formula is C15H12Br3NO2. The number of esters is 1. The first-order valence-electron chi connectivity index (χ1n) is 6.07. The Morgan fingerprint density at radius 3 is 2.19 bits per heavy atom. The predicted octanol–water partition coefficient (Wildman–Crippen LogP) is 5.37. The summed E-state index contributed by atoms with van der Waals surface area (Å²) in [6.07, 6.45) is 0. The quantitative estimate of drug-likeness (QED) is 0.601. The van der Waals surface area contributed by atoms with Crippen molar-refractivity contribution in [2.24, 2.45) is 0 Å². The van der Waals surface area contributed by atoms with Gasteiger partial charge >= 0.3 is 5.97 Å². The summed E-state index contributed by atoms with van der Waals surface area (Å²) < 4.78 is 7.61. The van der Waals surface area contributed by atoms with Crippen molar-refractivity contribution in [3.63, 3.8) is 0 Å². The van der Waals surface area contributed by atoms with E-state index < -0.39 is 0 Å². The van der Waals surface area contributed by atoms with E-state index in [9.17, 15) is 4.79 Å². The van der Waals surface area contributed by atoms with Crippen LogP contribution in [0.2, 0.25) is 0 Å². The monoisotopic (exact) mass is 475 g/mol. The summed E-state index contributed by atoms with van der Waals surface area (Å²) >= 11 is 10.5. The molecule has 0 bridgehead atoms. The van der Waals surface area contributed by atoms with E-state index in [1.165, 1.54) is 7.11 Å². The smallest absolute Gasteiger partial charge is 0.337 e. The summed E-state index contributed by atoms with van der Waals surface area (Å²) in [5.74, 6) is -0.326. The van der Waals surface area contributed by atoms with Crippen molar-refractivity contribution in [2.45, 2.75) is 6.54 Å². The largest absolute Gasteiger partial charge is 0.465 e. The van der Waals surface area contributed by atoms with Gasteiger partial charge in [0.2, 0.25) is 0 Å². The molecule has 0 aliphatic carbocycles. The topological polar surface area (TPSA) is 38.3 Å². The van der Waals surface area contributed by atoms with Crippen molar-refractivity contribution >= 4 is 59.4 Å². The molecule has 0 aromatic heterocycles. The molecule has 0 aliphatic heterocycles. The molecule has 21 heavy (non-hydrogen) atoms. The molecule has 0 radical (unpaired) electrons. The Hall–Kier alpha value is -0.850. The van der Waals surface area contributed by atoms with Crippen LogP contribution in [-0.2, 0) is 11.3 Å². The van der Waals surface area contributed by atoms with Gasteiger partial charge in [0.05, 0.1) is 18.4 Å². The molecular weight excluding hydrogens is 466 g/mol. The highest BCUT2D eigenvalue weighted by Gasteiger charge is 2.07. The van der Waals surface area contributed by atoms with Gasteiger partial charge in [0.1, 0.15) is 0 Å². The Bertz CT molecular complexity index is 633. The number of benzene rings is 2. The zero-order valence-electron chi connectivity index (χ0n) is 11.1. The summed E-state index contributed by atoms with van der Waals surface area (Å²) in [5.41, 5.74) is 2.60. The number of anilines is 1. The highest BCUT2D eigenvalue weighted by atomic mass is 79.9. The van der Waals surface area contributed by atoms with Crippen LogP contribution < -0.4 is 5.32 Å². The van der Waals surface area contributed by atoms with Gasteiger partial charge in [-0.15, -0.1) is 0 Å². The second-order valence-corrected chi connectivity index (χ2v) is 6.91. The van der Waals surface area contributed by atoms with E-state index in [2.05, 4.69) is 57.8 Å². The Balaban J connectivity index is 2.08. The van der Waals surface area contributed by atoms with Crippen LogP contribution in [0.4, 0.5) is 5.69 Å². The van der Waals surface area contributed by atoms with Gasteiger partial charge < -0.3 is 10.1 Å². The Morgan fingerprint density at radius 2 is 1.67 bits per heavy atom. The molecule has 0 heterocycles. The number of carbonyl (C=O) groups is 1. The minimum absolute atomic E-state index is 0.326. The van der Waals surface area contributed by atoms with Crippen molar-refractivity contribution in [1.29, 1.82) is 0 Å². The summed E-state index contributed by atoms with van der Waals surface area (Å²) in [7, 11) is 1.38. The summed E-state index contributed by atoms with van der Waals surface area (Å²) in [6.45, 7) is 0.653. The zero-order chi connectivity index (χ0) is 15.4. The van der Waals surface area contributed by atoms with Crippen molar-refractivity contribution in [3.8, 4) is 0 Å². The van der Waals surface area contributed by atoms with E-state index >= 15 is 0 Å². The van der Waals surface area contributed by atoms with E-state index in [1.807, 2.05) is 24.3 Å². The van der Waals surface area contributed by atoms with Crippen LogP contribution in [0.15, 0.2) is 49.8 Å². The molecule has 0 unspecified atom stereocenters. The maximum atomic E-state index is 11.4. The molecule has 2 aromatic rings. The molecule has 0 aliphatic rings. The number of ether oxygens (including phenoxy) is 1. The van der Waals surface area contributed by atoms with Crippen molar-refractivity contribution in [2.75, 3.05) is 12.4 Å². The molecule has 3 nitrogen and oxygen atoms in total. The van der Waals surface area contributed by atoms with Gasteiger partial charge in [-0.2, -0.15) is 0 Å². The number of carbonyl (C=O) groups excluding carboxylic acids is 1. The lowest BCUT2D eigenvalue weighted by atomic mass is 10.1. The van der Waals surface area contributed by atoms with Gasteiger partial charge in [0, 0.05) is 20.0 Å². The van der Waals surface area contributed by atoms with E-state index in [4.69, 9.17) is 0 Å². The van der Waals surface area contributed by atoms with Gasteiger partial charge in [0.25, 0.3) is 0 Å². The standard InChI is InChI=1S/C15H12Br3NO2/c1-21-15(20)10-4-2-9(3-5-10)8-19-14-12(17)6-11(16)7-13(14)18/h2-7,19H,8H2,1H3. The van der Waals surface area contributed by atoms with E-state index in [-0.39, 0.29) is 5.97 Å². The second-order valence-electron chi connectivity index (χ2n) is 4.29. The summed E-state index contributed by atoms with van der Waals surface area (Å²) in [6, 6.07) is 11.3. The number of hydrogen-bond acceptors (Lipinski definition) is 3. The fraction of sp³-hybridized carbons (Fsp3) is 0.133. The molecule has 0 fully saturated rings. The number of methoxy groups -OCH3 is 1. The molecule has 0 spiro atoms. The van der Waals surface area contributed by atoms with Crippen LogP contribution in [0.3, 0.4) is 0 Å². The van der Waals surface area contributed by atoms with Crippen LogP contribution >= 0.6 is 47.8 Å². The first-order chi connectivity index (χ1) is 10.0. The third-order valence-corrected chi connectivity index (χ3v) is 4.56. The predicted molar refractivity (Wildman–Crippen MR) is 94.7 cm³/mol. The normalized spacial score (nSPS) is 10.3. The molecule has 110 valence electrons. The van der Waals surface area contributed by atoms with E-state index in [0.717, 1.165) is 24.7 Å². The van der Waals surface area contributed by atoms with Gasteiger partial charge in [0.15, 0.2) is 0 Å². The average molecular weight is 478 g/mol. The third-order valence-electron chi connectivity index (χ3n) is 2.85. The van der Waals surface area contributed by atoms with E-state index in [0.29, 0.717) is 12.1 Å². The molecule has 0 atom stereocenters. The van der Waals surface area contributed by atoms with Gasteiger partial charge in [-0.3, -0.25) is 0 Å². The Kier molecular flexibility index (Phi) is 5.84. The highest BCUT2D eigenvalue weighted by molar-refractivity contribution is 9.11. The SMILES string of the molecule is COC(=O)c1ccc(CNc2c(Br)cc(Br)cc2Br)cc1. The Morgan fingerprint density at radius 1 is 1.10 bits per heavy atom.